The minimum absolute atomic E-state index is 0.188. The summed E-state index contributed by atoms with van der Waals surface area (Å²) in [6, 6.07) is 5.92. The van der Waals surface area contributed by atoms with Gasteiger partial charge in [-0.2, -0.15) is 0 Å². The summed E-state index contributed by atoms with van der Waals surface area (Å²) in [7, 11) is 0. The molecule has 5 atom stereocenters. The summed E-state index contributed by atoms with van der Waals surface area (Å²) in [5, 5.41) is 22.2. The van der Waals surface area contributed by atoms with Crippen LogP contribution in [0.5, 0.6) is 5.75 Å². The summed E-state index contributed by atoms with van der Waals surface area (Å²) in [5.74, 6) is -0.188. The van der Waals surface area contributed by atoms with E-state index < -0.39 is 36.9 Å². The third kappa shape index (κ3) is 3.03. The zero-order valence-electron chi connectivity index (χ0n) is 15.4. The molecule has 8 nitrogen and oxygen atoms in total. The molecule has 1 saturated heterocycles. The van der Waals surface area contributed by atoms with Gasteiger partial charge in [0.05, 0.1) is 5.69 Å². The number of hydrogen-bond acceptors (Lipinski definition) is 7. The summed E-state index contributed by atoms with van der Waals surface area (Å²) in [6.07, 6.45) is -7.69. The second-order valence-corrected chi connectivity index (χ2v) is 7.61. The predicted octanol–water partition coefficient (Wildman–Crippen LogP) is 2.71. The van der Waals surface area contributed by atoms with Crippen molar-refractivity contribution in [3.05, 3.63) is 53.1 Å². The van der Waals surface area contributed by atoms with Crippen LogP contribution in [0.4, 0.5) is 8.78 Å². The summed E-state index contributed by atoms with van der Waals surface area (Å²) >= 11 is 5.89. The van der Waals surface area contributed by atoms with Crippen molar-refractivity contribution in [2.24, 2.45) is 0 Å². The summed E-state index contributed by atoms with van der Waals surface area (Å²) in [4.78, 5) is 8.32. The highest BCUT2D eigenvalue weighted by Gasteiger charge is 2.54. The van der Waals surface area contributed by atoms with Crippen LogP contribution in [0.25, 0.3) is 11.0 Å². The number of halogens is 3. The molecule has 4 heterocycles. The molecule has 30 heavy (non-hydrogen) atoms. The van der Waals surface area contributed by atoms with E-state index in [0.29, 0.717) is 5.65 Å². The fourth-order valence-electron chi connectivity index (χ4n) is 3.91. The van der Waals surface area contributed by atoms with E-state index in [1.54, 1.807) is 19.2 Å². The van der Waals surface area contributed by atoms with Crippen LogP contribution in [0.3, 0.4) is 0 Å². The Kier molecular flexibility index (Phi) is 4.46. The highest BCUT2D eigenvalue weighted by atomic mass is 35.5. The zero-order chi connectivity index (χ0) is 21.2. The lowest BCUT2D eigenvalue weighted by molar-refractivity contribution is -0.392. The molecule has 1 unspecified atom stereocenters. The first-order valence-corrected chi connectivity index (χ1v) is 9.47. The third-order valence-corrected chi connectivity index (χ3v) is 5.57. The lowest BCUT2D eigenvalue weighted by atomic mass is 9.97. The van der Waals surface area contributed by atoms with Crippen molar-refractivity contribution in [3.8, 4) is 5.75 Å². The zero-order valence-corrected chi connectivity index (χ0v) is 16.2. The Morgan fingerprint density at radius 1 is 1.17 bits per heavy atom. The highest BCUT2D eigenvalue weighted by molar-refractivity contribution is 6.30. The van der Waals surface area contributed by atoms with Gasteiger partial charge in [0.25, 0.3) is 0 Å². The molecule has 5 rings (SSSR count). The number of benzene rings is 1. The maximum atomic E-state index is 14.1. The molecule has 2 N–H and O–H groups in total. The number of rotatable bonds is 2. The Morgan fingerprint density at radius 3 is 2.77 bits per heavy atom. The molecule has 1 fully saturated rings. The lowest BCUT2D eigenvalue weighted by Gasteiger charge is -2.34. The van der Waals surface area contributed by atoms with Crippen molar-refractivity contribution in [1.29, 1.82) is 0 Å². The lowest BCUT2D eigenvalue weighted by Crippen LogP contribution is -2.43. The molecule has 0 amide bonds. The molecular formula is C19H16ClF2N3O5. The Balaban J connectivity index is 1.53. The van der Waals surface area contributed by atoms with Gasteiger partial charge in [-0.25, -0.2) is 9.97 Å². The normalized spacial score (nSPS) is 30.3. The van der Waals surface area contributed by atoms with Gasteiger partial charge in [0.2, 0.25) is 0 Å². The van der Waals surface area contributed by atoms with E-state index in [0.717, 1.165) is 11.1 Å². The first-order valence-electron chi connectivity index (χ1n) is 9.09. The number of aromatic nitrogens is 3. The first-order chi connectivity index (χ1) is 14.2. The van der Waals surface area contributed by atoms with E-state index in [4.69, 9.17) is 21.1 Å². The first kappa shape index (κ1) is 19.6. The van der Waals surface area contributed by atoms with Crippen molar-refractivity contribution in [2.75, 3.05) is 0 Å². The minimum atomic E-state index is -3.96. The second kappa shape index (κ2) is 6.82. The number of aliphatic hydroxyl groups excluding tert-OH is 2. The summed E-state index contributed by atoms with van der Waals surface area (Å²) in [6.45, 7) is 1.80. The van der Waals surface area contributed by atoms with Gasteiger partial charge in [-0.05, 0) is 25.1 Å². The smallest absolute Gasteiger partial charge is 0.409 e. The SMILES string of the molecule is Cc1ncnc2c1ccn2[C@@H]1O[C@H](C2OC(F)(F)Oc3cc(Cl)ccc32)[C@@H](O)[C@H]1O. The van der Waals surface area contributed by atoms with Gasteiger partial charge in [0.15, 0.2) is 6.23 Å². The standard InChI is InChI=1S/C19H16ClF2N3O5/c1-8-10-4-5-25(17(10)24-7-23-8)18-14(27)13(26)16(28-18)15-11-3-2-9(20)6-12(11)29-19(21,22)30-15/h2-7,13-16,18,26-27H,1H3/t13-,14+,15?,16-,18+/m0/s1. The van der Waals surface area contributed by atoms with Crippen molar-refractivity contribution >= 4 is 22.6 Å². The van der Waals surface area contributed by atoms with Crippen molar-refractivity contribution in [3.63, 3.8) is 0 Å². The Morgan fingerprint density at radius 2 is 1.97 bits per heavy atom. The maximum absolute atomic E-state index is 14.1. The van der Waals surface area contributed by atoms with E-state index >= 15 is 0 Å². The molecule has 0 saturated carbocycles. The van der Waals surface area contributed by atoms with E-state index in [1.165, 1.54) is 29.1 Å². The molecule has 158 valence electrons. The topological polar surface area (TPSA) is 98.9 Å². The van der Waals surface area contributed by atoms with Crippen molar-refractivity contribution in [1.82, 2.24) is 14.5 Å². The van der Waals surface area contributed by atoms with Crippen LogP contribution in [0.15, 0.2) is 36.8 Å². The van der Waals surface area contributed by atoms with Crippen LogP contribution < -0.4 is 4.74 Å². The molecule has 1 aromatic carbocycles. The van der Waals surface area contributed by atoms with Crippen LogP contribution in [0.1, 0.15) is 23.6 Å². The Labute approximate surface area is 173 Å². The van der Waals surface area contributed by atoms with E-state index in [1.807, 2.05) is 0 Å². The van der Waals surface area contributed by atoms with Gasteiger partial charge in [0.1, 0.15) is 42.1 Å². The predicted molar refractivity (Wildman–Crippen MR) is 99.0 cm³/mol. The maximum Gasteiger partial charge on any atom is 0.535 e. The molecule has 0 spiro atoms. The molecule has 2 aliphatic heterocycles. The number of hydrogen-bond donors (Lipinski definition) is 2. The largest absolute Gasteiger partial charge is 0.535 e. The van der Waals surface area contributed by atoms with Gasteiger partial charge < -0.3 is 24.3 Å². The molecular weight excluding hydrogens is 424 g/mol. The van der Waals surface area contributed by atoms with E-state index in [9.17, 15) is 19.0 Å². The fraction of sp³-hybridized carbons (Fsp3) is 0.368. The molecule has 0 bridgehead atoms. The van der Waals surface area contributed by atoms with Gasteiger partial charge in [-0.1, -0.05) is 17.7 Å². The van der Waals surface area contributed by atoms with Gasteiger partial charge in [-0.3, -0.25) is 4.74 Å². The van der Waals surface area contributed by atoms with Crippen molar-refractivity contribution < 1.29 is 33.2 Å². The number of aryl methyl sites for hydroxylation is 1. The number of nitrogens with zero attached hydrogens (tertiary/aromatic N) is 3. The number of fused-ring (bicyclic) bond motifs is 2. The molecule has 11 heteroatoms. The second-order valence-electron chi connectivity index (χ2n) is 7.18. The van der Waals surface area contributed by atoms with E-state index in [2.05, 4.69) is 14.7 Å². The number of alkyl halides is 2. The minimum Gasteiger partial charge on any atom is -0.409 e. The summed E-state index contributed by atoms with van der Waals surface area (Å²) in [5.41, 5.74) is 1.42. The Bertz CT molecular complexity index is 1130. The van der Waals surface area contributed by atoms with Crippen LogP contribution in [0.2, 0.25) is 5.02 Å². The third-order valence-electron chi connectivity index (χ3n) is 5.33. The average molecular weight is 440 g/mol. The highest BCUT2D eigenvalue weighted by Crippen LogP contribution is 2.47. The quantitative estimate of drug-likeness (QED) is 0.633. The fourth-order valence-corrected chi connectivity index (χ4v) is 4.07. The Hall–Kier alpha value is -2.37. The number of ether oxygens (including phenoxy) is 3. The van der Waals surface area contributed by atoms with Crippen molar-refractivity contribution in [2.45, 2.75) is 43.9 Å². The molecule has 0 aliphatic carbocycles. The van der Waals surface area contributed by atoms with Crippen LogP contribution in [-0.4, -0.2) is 49.4 Å². The van der Waals surface area contributed by atoms with E-state index in [-0.39, 0.29) is 16.3 Å². The molecule has 3 aromatic rings. The van der Waals surface area contributed by atoms with Gasteiger partial charge in [0, 0.05) is 22.2 Å². The molecule has 2 aliphatic rings. The van der Waals surface area contributed by atoms with Gasteiger partial charge >= 0.3 is 6.29 Å². The van der Waals surface area contributed by atoms with Crippen LogP contribution in [-0.2, 0) is 9.47 Å². The molecule has 2 aromatic heterocycles. The van der Waals surface area contributed by atoms with Gasteiger partial charge in [-0.15, -0.1) is 8.78 Å². The molecule has 0 radical (unpaired) electrons. The summed E-state index contributed by atoms with van der Waals surface area (Å²) < 4.78 is 44.8. The van der Waals surface area contributed by atoms with Crippen LogP contribution in [0, 0.1) is 6.92 Å². The average Bonchev–Trinajstić information content (AvgIpc) is 3.23. The number of aliphatic hydroxyl groups is 2. The monoisotopic (exact) mass is 439 g/mol. The van der Waals surface area contributed by atoms with Crippen LogP contribution >= 0.6 is 11.6 Å².